The molecule has 0 aliphatic rings. The van der Waals surface area contributed by atoms with Crippen LogP contribution in [0.5, 0.6) is 5.88 Å². The van der Waals surface area contributed by atoms with Crippen molar-refractivity contribution in [2.75, 3.05) is 0 Å². The molecule has 0 saturated heterocycles. The zero-order valence-corrected chi connectivity index (χ0v) is 12.9. The SMILES string of the molecule is CC(C)Oc1cc2ccccc2c(C=Cc2ccccc2)n1. The number of hydrogen-bond acceptors (Lipinski definition) is 2. The van der Waals surface area contributed by atoms with E-state index >= 15 is 0 Å². The van der Waals surface area contributed by atoms with E-state index in [1.807, 2.05) is 56.3 Å². The maximum atomic E-state index is 5.77. The molecule has 0 unspecified atom stereocenters. The third-order valence-electron chi connectivity index (χ3n) is 3.34. The van der Waals surface area contributed by atoms with Gasteiger partial charge in [0.15, 0.2) is 0 Å². The van der Waals surface area contributed by atoms with Crippen LogP contribution in [0.4, 0.5) is 0 Å². The second-order valence-electron chi connectivity index (χ2n) is 5.48. The van der Waals surface area contributed by atoms with Gasteiger partial charge in [-0.25, -0.2) is 4.98 Å². The molecule has 0 radical (unpaired) electrons. The lowest BCUT2D eigenvalue weighted by Gasteiger charge is -2.11. The average molecular weight is 289 g/mol. The standard InChI is InChI=1S/C20H19NO/c1-15(2)22-20-14-17-10-6-7-11-18(17)19(21-20)13-12-16-8-4-3-5-9-16/h3-15H,1-2H3. The van der Waals surface area contributed by atoms with Crippen LogP contribution >= 0.6 is 0 Å². The Kier molecular flexibility index (Phi) is 4.19. The van der Waals surface area contributed by atoms with Gasteiger partial charge in [0.2, 0.25) is 5.88 Å². The predicted octanol–water partition coefficient (Wildman–Crippen LogP) is 5.19. The molecule has 0 amide bonds. The molecule has 3 aromatic rings. The molecule has 22 heavy (non-hydrogen) atoms. The molecule has 110 valence electrons. The first-order valence-corrected chi connectivity index (χ1v) is 7.52. The van der Waals surface area contributed by atoms with Crippen LogP contribution in [0, 0.1) is 0 Å². The normalized spacial score (nSPS) is 11.4. The third kappa shape index (κ3) is 3.34. The molecule has 2 aromatic carbocycles. The number of pyridine rings is 1. The van der Waals surface area contributed by atoms with Crippen molar-refractivity contribution >= 4 is 22.9 Å². The molecular formula is C20H19NO. The Balaban J connectivity index is 2.04. The van der Waals surface area contributed by atoms with Gasteiger partial charge in [-0.2, -0.15) is 0 Å². The van der Waals surface area contributed by atoms with Gasteiger partial charge < -0.3 is 4.74 Å². The quantitative estimate of drug-likeness (QED) is 0.659. The zero-order valence-electron chi connectivity index (χ0n) is 12.9. The monoisotopic (exact) mass is 289 g/mol. The highest BCUT2D eigenvalue weighted by atomic mass is 16.5. The van der Waals surface area contributed by atoms with E-state index in [4.69, 9.17) is 4.74 Å². The summed E-state index contributed by atoms with van der Waals surface area (Å²) in [4.78, 5) is 4.65. The fourth-order valence-electron chi connectivity index (χ4n) is 2.37. The molecule has 2 heteroatoms. The second kappa shape index (κ2) is 6.44. The van der Waals surface area contributed by atoms with Crippen LogP contribution in [0.15, 0.2) is 60.7 Å². The van der Waals surface area contributed by atoms with Crippen molar-refractivity contribution in [2.45, 2.75) is 20.0 Å². The summed E-state index contributed by atoms with van der Waals surface area (Å²) < 4.78 is 5.77. The van der Waals surface area contributed by atoms with Gasteiger partial charge in [0.1, 0.15) is 0 Å². The minimum atomic E-state index is 0.111. The van der Waals surface area contributed by atoms with E-state index in [9.17, 15) is 0 Å². The van der Waals surface area contributed by atoms with Crippen LogP contribution in [-0.4, -0.2) is 11.1 Å². The molecule has 3 rings (SSSR count). The predicted molar refractivity (Wildman–Crippen MR) is 92.9 cm³/mol. The van der Waals surface area contributed by atoms with Crippen molar-refractivity contribution in [3.05, 3.63) is 71.9 Å². The Morgan fingerprint density at radius 2 is 1.64 bits per heavy atom. The average Bonchev–Trinajstić information content (AvgIpc) is 2.53. The second-order valence-corrected chi connectivity index (χ2v) is 5.48. The van der Waals surface area contributed by atoms with E-state index < -0.39 is 0 Å². The Morgan fingerprint density at radius 1 is 0.909 bits per heavy atom. The smallest absolute Gasteiger partial charge is 0.214 e. The van der Waals surface area contributed by atoms with Crippen LogP contribution in [0.25, 0.3) is 22.9 Å². The summed E-state index contributed by atoms with van der Waals surface area (Å²) in [6.07, 6.45) is 4.23. The van der Waals surface area contributed by atoms with Gasteiger partial charge in [-0.3, -0.25) is 0 Å². The van der Waals surface area contributed by atoms with Gasteiger partial charge in [0.05, 0.1) is 11.8 Å². The Bertz CT molecular complexity index is 791. The molecular weight excluding hydrogens is 270 g/mol. The van der Waals surface area contributed by atoms with Crippen LogP contribution in [0.1, 0.15) is 25.1 Å². The Hall–Kier alpha value is -2.61. The van der Waals surface area contributed by atoms with Crippen molar-refractivity contribution < 1.29 is 4.74 Å². The van der Waals surface area contributed by atoms with Crippen LogP contribution < -0.4 is 4.74 Å². The molecule has 1 heterocycles. The van der Waals surface area contributed by atoms with Crippen LogP contribution in [0.2, 0.25) is 0 Å². The van der Waals surface area contributed by atoms with E-state index in [-0.39, 0.29) is 6.10 Å². The van der Waals surface area contributed by atoms with Crippen molar-refractivity contribution in [2.24, 2.45) is 0 Å². The summed E-state index contributed by atoms with van der Waals surface area (Å²) in [6, 6.07) is 20.5. The van der Waals surface area contributed by atoms with Gasteiger partial charge >= 0.3 is 0 Å². The first-order valence-electron chi connectivity index (χ1n) is 7.52. The van der Waals surface area contributed by atoms with Gasteiger partial charge in [-0.15, -0.1) is 0 Å². The first kappa shape index (κ1) is 14.3. The van der Waals surface area contributed by atoms with Crippen molar-refractivity contribution in [3.8, 4) is 5.88 Å². The fraction of sp³-hybridized carbons (Fsp3) is 0.150. The van der Waals surface area contributed by atoms with E-state index in [1.54, 1.807) is 0 Å². The largest absolute Gasteiger partial charge is 0.475 e. The summed E-state index contributed by atoms with van der Waals surface area (Å²) in [5.41, 5.74) is 2.08. The molecule has 0 fully saturated rings. The summed E-state index contributed by atoms with van der Waals surface area (Å²) in [7, 11) is 0. The minimum absolute atomic E-state index is 0.111. The molecule has 0 spiro atoms. The Labute approximate surface area is 131 Å². The number of ether oxygens (including phenoxy) is 1. The van der Waals surface area contributed by atoms with Crippen LogP contribution in [0.3, 0.4) is 0 Å². The molecule has 0 bridgehead atoms. The van der Waals surface area contributed by atoms with Gasteiger partial charge in [-0.1, -0.05) is 60.7 Å². The lowest BCUT2D eigenvalue weighted by molar-refractivity contribution is 0.233. The van der Waals surface area contributed by atoms with Crippen molar-refractivity contribution in [1.82, 2.24) is 4.98 Å². The highest BCUT2D eigenvalue weighted by molar-refractivity contribution is 5.91. The van der Waals surface area contributed by atoms with E-state index in [2.05, 4.69) is 35.3 Å². The third-order valence-corrected chi connectivity index (χ3v) is 3.34. The number of hydrogen-bond donors (Lipinski definition) is 0. The maximum Gasteiger partial charge on any atom is 0.214 e. The molecule has 0 atom stereocenters. The number of fused-ring (bicyclic) bond motifs is 1. The first-order chi connectivity index (χ1) is 10.7. The van der Waals surface area contributed by atoms with Gasteiger partial charge in [0.25, 0.3) is 0 Å². The fourth-order valence-corrected chi connectivity index (χ4v) is 2.37. The highest BCUT2D eigenvalue weighted by Gasteiger charge is 2.06. The van der Waals surface area contributed by atoms with Crippen LogP contribution in [-0.2, 0) is 0 Å². The summed E-state index contributed by atoms with van der Waals surface area (Å²) in [5.74, 6) is 0.668. The lowest BCUT2D eigenvalue weighted by atomic mass is 10.1. The molecule has 0 aliphatic carbocycles. The summed E-state index contributed by atoms with van der Waals surface area (Å²) in [5, 5.41) is 2.27. The number of aromatic nitrogens is 1. The number of nitrogens with zero attached hydrogens (tertiary/aromatic N) is 1. The van der Waals surface area contributed by atoms with E-state index in [0.717, 1.165) is 22.0 Å². The van der Waals surface area contributed by atoms with Gasteiger partial charge in [-0.05, 0) is 30.9 Å². The maximum absolute atomic E-state index is 5.77. The summed E-state index contributed by atoms with van der Waals surface area (Å²) >= 11 is 0. The van der Waals surface area contributed by atoms with E-state index in [1.165, 1.54) is 0 Å². The number of benzene rings is 2. The minimum Gasteiger partial charge on any atom is -0.475 e. The molecule has 2 nitrogen and oxygen atoms in total. The molecule has 0 aliphatic heterocycles. The molecule has 1 aromatic heterocycles. The zero-order chi connectivity index (χ0) is 15.4. The van der Waals surface area contributed by atoms with Gasteiger partial charge in [0, 0.05) is 11.5 Å². The summed E-state index contributed by atoms with van der Waals surface area (Å²) in [6.45, 7) is 4.02. The Morgan fingerprint density at radius 3 is 2.41 bits per heavy atom. The van der Waals surface area contributed by atoms with Crippen molar-refractivity contribution in [3.63, 3.8) is 0 Å². The van der Waals surface area contributed by atoms with Crippen molar-refractivity contribution in [1.29, 1.82) is 0 Å². The number of rotatable bonds is 4. The van der Waals surface area contributed by atoms with E-state index in [0.29, 0.717) is 5.88 Å². The highest BCUT2D eigenvalue weighted by Crippen LogP contribution is 2.24. The topological polar surface area (TPSA) is 22.1 Å². The lowest BCUT2D eigenvalue weighted by Crippen LogP contribution is -2.07. The molecule has 0 saturated carbocycles. The molecule has 0 N–H and O–H groups in total.